The zero-order valence-electron chi connectivity index (χ0n) is 8.08. The Kier molecular flexibility index (Phi) is 3.68. The average molecular weight is 200 g/mol. The van der Waals surface area contributed by atoms with Gasteiger partial charge in [-0.15, -0.1) is 0 Å². The van der Waals surface area contributed by atoms with Crippen LogP contribution in [0, 0.1) is 0 Å². The number of anilines is 2. The molecular formula is C10H14F2N2. The molecule has 2 N–H and O–H groups in total. The summed E-state index contributed by atoms with van der Waals surface area (Å²) in [4.78, 5) is 1.60. The Balaban J connectivity index is 2.78. The fourth-order valence-electron chi connectivity index (χ4n) is 1.31. The van der Waals surface area contributed by atoms with Crippen molar-refractivity contribution in [1.29, 1.82) is 0 Å². The van der Waals surface area contributed by atoms with Crippen LogP contribution in [0.25, 0.3) is 0 Å². The molecule has 1 aromatic rings. The predicted octanol–water partition coefficient (Wildman–Crippen LogP) is 2.36. The van der Waals surface area contributed by atoms with Crippen molar-refractivity contribution >= 4 is 11.4 Å². The summed E-state index contributed by atoms with van der Waals surface area (Å²) in [6, 6.07) is 6.98. The van der Waals surface area contributed by atoms with Crippen molar-refractivity contribution in [3.63, 3.8) is 0 Å². The highest BCUT2D eigenvalue weighted by Gasteiger charge is 2.10. The number of halogens is 2. The van der Waals surface area contributed by atoms with Crippen molar-refractivity contribution in [2.75, 3.05) is 23.7 Å². The van der Waals surface area contributed by atoms with Gasteiger partial charge in [0.05, 0.1) is 6.54 Å². The Labute approximate surface area is 82.3 Å². The van der Waals surface area contributed by atoms with E-state index in [2.05, 4.69) is 0 Å². The highest BCUT2D eigenvalue weighted by Crippen LogP contribution is 2.18. The number of nitrogens with zero attached hydrogens (tertiary/aromatic N) is 1. The molecule has 0 radical (unpaired) electrons. The van der Waals surface area contributed by atoms with Crippen LogP contribution in [0.1, 0.15) is 6.92 Å². The van der Waals surface area contributed by atoms with E-state index in [1.807, 2.05) is 6.92 Å². The molecule has 0 aliphatic heterocycles. The number of rotatable bonds is 4. The Hall–Kier alpha value is -1.32. The van der Waals surface area contributed by atoms with Gasteiger partial charge in [0.1, 0.15) is 0 Å². The maximum atomic E-state index is 12.2. The third-order valence-corrected chi connectivity index (χ3v) is 1.98. The summed E-state index contributed by atoms with van der Waals surface area (Å²) in [5.41, 5.74) is 6.90. The molecule has 0 fully saturated rings. The number of hydrogen-bond donors (Lipinski definition) is 1. The quantitative estimate of drug-likeness (QED) is 0.756. The van der Waals surface area contributed by atoms with Crippen LogP contribution in [-0.4, -0.2) is 19.5 Å². The van der Waals surface area contributed by atoms with Crippen molar-refractivity contribution in [3.8, 4) is 0 Å². The molecule has 0 heterocycles. The third-order valence-electron chi connectivity index (χ3n) is 1.98. The Morgan fingerprint density at radius 1 is 1.43 bits per heavy atom. The van der Waals surface area contributed by atoms with Gasteiger partial charge in [0.25, 0.3) is 6.43 Å². The van der Waals surface area contributed by atoms with Crippen LogP contribution < -0.4 is 10.6 Å². The maximum Gasteiger partial charge on any atom is 0.255 e. The lowest BCUT2D eigenvalue weighted by Gasteiger charge is -2.22. The van der Waals surface area contributed by atoms with Crippen LogP contribution in [0.2, 0.25) is 0 Å². The number of nitrogen functional groups attached to an aromatic ring is 1. The van der Waals surface area contributed by atoms with Gasteiger partial charge in [-0.3, -0.25) is 0 Å². The molecule has 1 aromatic carbocycles. The zero-order chi connectivity index (χ0) is 10.6. The first-order chi connectivity index (χ1) is 6.63. The van der Waals surface area contributed by atoms with E-state index in [1.54, 1.807) is 29.2 Å². The van der Waals surface area contributed by atoms with E-state index in [1.165, 1.54) is 0 Å². The zero-order valence-corrected chi connectivity index (χ0v) is 8.08. The van der Waals surface area contributed by atoms with Gasteiger partial charge in [0.15, 0.2) is 0 Å². The molecule has 1 rings (SSSR count). The summed E-state index contributed by atoms with van der Waals surface area (Å²) >= 11 is 0. The molecule has 0 saturated carbocycles. The van der Waals surface area contributed by atoms with Gasteiger partial charge in [-0.05, 0) is 25.1 Å². The Morgan fingerprint density at radius 2 is 2.14 bits per heavy atom. The van der Waals surface area contributed by atoms with E-state index in [0.29, 0.717) is 12.2 Å². The lowest BCUT2D eigenvalue weighted by molar-refractivity contribution is 0.155. The molecule has 0 bridgehead atoms. The van der Waals surface area contributed by atoms with Gasteiger partial charge in [0, 0.05) is 17.9 Å². The van der Waals surface area contributed by atoms with Crippen LogP contribution in [0.15, 0.2) is 24.3 Å². The number of alkyl halides is 2. The molecule has 0 aliphatic carbocycles. The van der Waals surface area contributed by atoms with Crippen LogP contribution in [0.3, 0.4) is 0 Å². The first-order valence-electron chi connectivity index (χ1n) is 4.52. The monoisotopic (exact) mass is 200 g/mol. The SMILES string of the molecule is CCN(CC(F)F)c1cccc(N)c1. The molecule has 2 nitrogen and oxygen atoms in total. The number of benzene rings is 1. The first-order valence-corrected chi connectivity index (χ1v) is 4.52. The third kappa shape index (κ3) is 2.87. The second-order valence-electron chi connectivity index (χ2n) is 3.02. The molecule has 14 heavy (non-hydrogen) atoms. The minimum Gasteiger partial charge on any atom is -0.399 e. The molecule has 4 heteroatoms. The molecule has 0 saturated heterocycles. The summed E-state index contributed by atoms with van der Waals surface area (Å²) in [5.74, 6) is 0. The average Bonchev–Trinajstić information content (AvgIpc) is 2.14. The van der Waals surface area contributed by atoms with Crippen LogP contribution in [-0.2, 0) is 0 Å². The standard InChI is InChI=1S/C10H14F2N2/c1-2-14(7-10(11)12)9-5-3-4-8(13)6-9/h3-6,10H,2,7,13H2,1H3. The van der Waals surface area contributed by atoms with Crippen LogP contribution >= 0.6 is 0 Å². The van der Waals surface area contributed by atoms with Gasteiger partial charge in [0.2, 0.25) is 0 Å². The summed E-state index contributed by atoms with van der Waals surface area (Å²) in [6.45, 7) is 2.14. The van der Waals surface area contributed by atoms with E-state index in [-0.39, 0.29) is 6.54 Å². The lowest BCUT2D eigenvalue weighted by atomic mass is 10.2. The normalized spacial score (nSPS) is 10.6. The first kappa shape index (κ1) is 10.8. The van der Waals surface area contributed by atoms with Crippen molar-refractivity contribution in [1.82, 2.24) is 0 Å². The molecule has 0 amide bonds. The molecule has 0 atom stereocenters. The van der Waals surface area contributed by atoms with E-state index >= 15 is 0 Å². The van der Waals surface area contributed by atoms with Gasteiger partial charge in [-0.1, -0.05) is 6.07 Å². The largest absolute Gasteiger partial charge is 0.399 e. The van der Waals surface area contributed by atoms with Crippen molar-refractivity contribution in [2.24, 2.45) is 0 Å². The highest BCUT2D eigenvalue weighted by molar-refractivity contribution is 5.55. The van der Waals surface area contributed by atoms with E-state index < -0.39 is 6.43 Å². The van der Waals surface area contributed by atoms with Crippen LogP contribution in [0.4, 0.5) is 20.2 Å². The number of nitrogens with two attached hydrogens (primary N) is 1. The summed E-state index contributed by atoms with van der Waals surface area (Å²) < 4.78 is 24.4. The molecule has 78 valence electrons. The topological polar surface area (TPSA) is 29.3 Å². The maximum absolute atomic E-state index is 12.2. The summed E-state index contributed by atoms with van der Waals surface area (Å²) in [6.07, 6.45) is -2.32. The fraction of sp³-hybridized carbons (Fsp3) is 0.400. The molecule has 0 unspecified atom stereocenters. The van der Waals surface area contributed by atoms with Gasteiger partial charge < -0.3 is 10.6 Å². The lowest BCUT2D eigenvalue weighted by Crippen LogP contribution is -2.28. The molecule has 0 aromatic heterocycles. The van der Waals surface area contributed by atoms with Crippen LogP contribution in [0.5, 0.6) is 0 Å². The molecule has 0 aliphatic rings. The summed E-state index contributed by atoms with van der Waals surface area (Å²) in [7, 11) is 0. The predicted molar refractivity (Wildman–Crippen MR) is 54.7 cm³/mol. The second-order valence-corrected chi connectivity index (χ2v) is 3.02. The van der Waals surface area contributed by atoms with Crippen molar-refractivity contribution in [3.05, 3.63) is 24.3 Å². The fourth-order valence-corrected chi connectivity index (χ4v) is 1.31. The Bertz CT molecular complexity index is 289. The summed E-state index contributed by atoms with van der Waals surface area (Å²) in [5, 5.41) is 0. The minimum atomic E-state index is -2.32. The van der Waals surface area contributed by atoms with Gasteiger partial charge >= 0.3 is 0 Å². The minimum absolute atomic E-state index is 0.250. The molecular weight excluding hydrogens is 186 g/mol. The Morgan fingerprint density at radius 3 is 2.64 bits per heavy atom. The molecule has 0 spiro atoms. The highest BCUT2D eigenvalue weighted by atomic mass is 19.3. The smallest absolute Gasteiger partial charge is 0.255 e. The second kappa shape index (κ2) is 4.79. The van der Waals surface area contributed by atoms with E-state index in [4.69, 9.17) is 5.73 Å². The van der Waals surface area contributed by atoms with Crippen molar-refractivity contribution in [2.45, 2.75) is 13.3 Å². The number of hydrogen-bond acceptors (Lipinski definition) is 2. The van der Waals surface area contributed by atoms with Gasteiger partial charge in [-0.25, -0.2) is 8.78 Å². The van der Waals surface area contributed by atoms with Gasteiger partial charge in [-0.2, -0.15) is 0 Å². The van der Waals surface area contributed by atoms with E-state index in [0.717, 1.165) is 5.69 Å². The van der Waals surface area contributed by atoms with Crippen molar-refractivity contribution < 1.29 is 8.78 Å². The van der Waals surface area contributed by atoms with E-state index in [9.17, 15) is 8.78 Å².